The molecule has 1 aliphatic rings. The van der Waals surface area contributed by atoms with E-state index in [2.05, 4.69) is 4.72 Å². The normalized spacial score (nSPS) is 13.4. The van der Waals surface area contributed by atoms with Crippen LogP contribution >= 0.6 is 0 Å². The second-order valence-electron chi connectivity index (χ2n) is 5.77. The second kappa shape index (κ2) is 7.35. The number of para-hydroxylation sites is 1. The maximum atomic E-state index is 12.5. The van der Waals surface area contributed by atoms with Crippen molar-refractivity contribution in [3.8, 4) is 11.5 Å². The molecule has 3 rings (SSSR count). The zero-order valence-corrected chi connectivity index (χ0v) is 15.4. The molecule has 0 saturated heterocycles. The molecule has 2 aromatic carbocycles. The van der Waals surface area contributed by atoms with Crippen molar-refractivity contribution >= 4 is 21.6 Å². The first-order valence-corrected chi connectivity index (χ1v) is 9.54. The number of sulfonamides is 1. The largest absolute Gasteiger partial charge is 0.493 e. The van der Waals surface area contributed by atoms with E-state index < -0.39 is 10.0 Å². The summed E-state index contributed by atoms with van der Waals surface area (Å²) in [6.07, 6.45) is 0.768. The summed E-state index contributed by atoms with van der Waals surface area (Å²) >= 11 is 0. The van der Waals surface area contributed by atoms with Gasteiger partial charge in [-0.25, -0.2) is 13.1 Å². The molecular formula is C18H20N2O5S. The molecule has 138 valence electrons. The van der Waals surface area contributed by atoms with Crippen LogP contribution in [-0.2, 0) is 21.2 Å². The Balaban J connectivity index is 1.72. The molecule has 1 N–H and O–H groups in total. The Morgan fingerprint density at radius 3 is 2.58 bits per heavy atom. The molecule has 0 fully saturated rings. The number of carbonyl (C=O) groups excluding carboxylic acids is 1. The molecule has 1 amide bonds. The van der Waals surface area contributed by atoms with Crippen molar-refractivity contribution in [3.63, 3.8) is 0 Å². The number of ether oxygens (including phenoxy) is 2. The zero-order chi connectivity index (χ0) is 18.7. The Morgan fingerprint density at radius 1 is 1.12 bits per heavy atom. The lowest BCUT2D eigenvalue weighted by molar-refractivity contribution is -0.117. The summed E-state index contributed by atoms with van der Waals surface area (Å²) in [5, 5.41) is 0. The first-order valence-electron chi connectivity index (χ1n) is 8.06. The summed E-state index contributed by atoms with van der Waals surface area (Å²) in [6.45, 7) is 0.237. The first-order chi connectivity index (χ1) is 12.5. The number of benzene rings is 2. The molecule has 2 aromatic rings. The van der Waals surface area contributed by atoms with E-state index in [0.717, 1.165) is 17.7 Å². The number of methoxy groups -OCH3 is 2. The zero-order valence-electron chi connectivity index (χ0n) is 14.6. The van der Waals surface area contributed by atoms with Crippen molar-refractivity contribution in [2.24, 2.45) is 0 Å². The Hall–Kier alpha value is -2.58. The summed E-state index contributed by atoms with van der Waals surface area (Å²) in [4.78, 5) is 14.1. The molecule has 0 saturated carbocycles. The highest BCUT2D eigenvalue weighted by atomic mass is 32.2. The maximum absolute atomic E-state index is 12.5. The number of anilines is 1. The summed E-state index contributed by atoms with van der Waals surface area (Å²) in [6, 6.07) is 11.9. The second-order valence-corrected chi connectivity index (χ2v) is 7.53. The van der Waals surface area contributed by atoms with Crippen LogP contribution < -0.4 is 19.1 Å². The topological polar surface area (TPSA) is 84.9 Å². The minimum absolute atomic E-state index is 0.00442. The number of fused-ring (bicyclic) bond motifs is 1. The summed E-state index contributed by atoms with van der Waals surface area (Å²) < 4.78 is 37.6. The first kappa shape index (κ1) is 18.2. The van der Waals surface area contributed by atoms with Gasteiger partial charge in [0.25, 0.3) is 0 Å². The Morgan fingerprint density at radius 2 is 1.85 bits per heavy atom. The van der Waals surface area contributed by atoms with Crippen LogP contribution in [0.4, 0.5) is 5.69 Å². The lowest BCUT2D eigenvalue weighted by Crippen LogP contribution is -2.39. The molecule has 1 aliphatic heterocycles. The van der Waals surface area contributed by atoms with Crippen molar-refractivity contribution in [1.82, 2.24) is 4.72 Å². The van der Waals surface area contributed by atoms with Gasteiger partial charge >= 0.3 is 0 Å². The fourth-order valence-electron chi connectivity index (χ4n) is 2.92. The van der Waals surface area contributed by atoms with Crippen LogP contribution in [0, 0.1) is 0 Å². The smallest absolute Gasteiger partial charge is 0.242 e. The van der Waals surface area contributed by atoms with E-state index in [1.807, 2.05) is 24.3 Å². The van der Waals surface area contributed by atoms with Crippen LogP contribution in [0.25, 0.3) is 0 Å². The van der Waals surface area contributed by atoms with Gasteiger partial charge in [-0.05, 0) is 30.2 Å². The molecule has 0 aromatic heterocycles. The third kappa shape index (κ3) is 3.51. The standard InChI is InChI=1S/C18H20N2O5S/c1-24-16-8-7-14(11-17(16)25-2)26(22,23)19-12-18(21)20-10-9-13-5-3-4-6-15(13)20/h3-8,11,19H,9-10,12H2,1-2H3. The van der Waals surface area contributed by atoms with Gasteiger partial charge in [0.15, 0.2) is 11.5 Å². The molecule has 0 atom stereocenters. The van der Waals surface area contributed by atoms with Crippen LogP contribution in [0.5, 0.6) is 11.5 Å². The molecule has 0 aliphatic carbocycles. The molecule has 1 heterocycles. The molecule has 0 spiro atoms. The number of nitrogens with one attached hydrogen (secondary N) is 1. The molecular weight excluding hydrogens is 356 g/mol. The summed E-state index contributed by atoms with van der Waals surface area (Å²) in [5.41, 5.74) is 1.92. The predicted molar refractivity (Wildman–Crippen MR) is 97.2 cm³/mol. The molecule has 0 radical (unpaired) electrons. The lowest BCUT2D eigenvalue weighted by atomic mass is 10.2. The SMILES string of the molecule is COc1ccc(S(=O)(=O)NCC(=O)N2CCc3ccccc32)cc1OC. The maximum Gasteiger partial charge on any atom is 0.242 e. The van der Waals surface area contributed by atoms with Crippen LogP contribution in [0.2, 0.25) is 0 Å². The quantitative estimate of drug-likeness (QED) is 0.827. The van der Waals surface area contributed by atoms with E-state index in [0.29, 0.717) is 18.0 Å². The number of hydrogen-bond acceptors (Lipinski definition) is 5. The van der Waals surface area contributed by atoms with E-state index in [1.165, 1.54) is 32.4 Å². The Labute approximate surface area is 152 Å². The Kier molecular flexibility index (Phi) is 5.15. The highest BCUT2D eigenvalue weighted by molar-refractivity contribution is 7.89. The number of nitrogens with zero attached hydrogens (tertiary/aromatic N) is 1. The average Bonchev–Trinajstić information content (AvgIpc) is 3.09. The molecule has 7 nitrogen and oxygen atoms in total. The van der Waals surface area contributed by atoms with E-state index in [9.17, 15) is 13.2 Å². The van der Waals surface area contributed by atoms with Crippen molar-refractivity contribution in [2.75, 3.05) is 32.2 Å². The van der Waals surface area contributed by atoms with Gasteiger partial charge in [-0.3, -0.25) is 4.79 Å². The van der Waals surface area contributed by atoms with Gasteiger partial charge in [0, 0.05) is 18.3 Å². The number of carbonyl (C=O) groups is 1. The third-order valence-electron chi connectivity index (χ3n) is 4.27. The number of rotatable bonds is 6. The van der Waals surface area contributed by atoms with Crippen molar-refractivity contribution in [2.45, 2.75) is 11.3 Å². The van der Waals surface area contributed by atoms with Gasteiger partial charge in [0.2, 0.25) is 15.9 Å². The highest BCUT2D eigenvalue weighted by Gasteiger charge is 2.25. The van der Waals surface area contributed by atoms with Crippen molar-refractivity contribution in [1.29, 1.82) is 0 Å². The van der Waals surface area contributed by atoms with E-state index in [1.54, 1.807) is 4.90 Å². The van der Waals surface area contributed by atoms with Gasteiger partial charge in [0.05, 0.1) is 25.7 Å². The Bertz CT molecular complexity index is 927. The predicted octanol–water partition coefficient (Wildman–Crippen LogP) is 1.57. The summed E-state index contributed by atoms with van der Waals surface area (Å²) in [7, 11) is -0.957. The van der Waals surface area contributed by atoms with Gasteiger partial charge in [0.1, 0.15) is 0 Å². The third-order valence-corrected chi connectivity index (χ3v) is 5.67. The van der Waals surface area contributed by atoms with Crippen molar-refractivity contribution in [3.05, 3.63) is 48.0 Å². The fourth-order valence-corrected chi connectivity index (χ4v) is 3.91. The monoisotopic (exact) mass is 376 g/mol. The van der Waals surface area contributed by atoms with E-state index in [-0.39, 0.29) is 17.3 Å². The minimum Gasteiger partial charge on any atom is -0.493 e. The van der Waals surface area contributed by atoms with Crippen molar-refractivity contribution < 1.29 is 22.7 Å². The van der Waals surface area contributed by atoms with Gasteiger partial charge in [-0.15, -0.1) is 0 Å². The molecule has 0 unspecified atom stereocenters. The average molecular weight is 376 g/mol. The van der Waals surface area contributed by atoms with Crippen LogP contribution in [0.15, 0.2) is 47.4 Å². The molecule has 8 heteroatoms. The van der Waals surface area contributed by atoms with Crippen LogP contribution in [0.3, 0.4) is 0 Å². The van der Waals surface area contributed by atoms with E-state index >= 15 is 0 Å². The lowest BCUT2D eigenvalue weighted by Gasteiger charge is -2.18. The fraction of sp³-hybridized carbons (Fsp3) is 0.278. The number of amides is 1. The molecule has 0 bridgehead atoms. The van der Waals surface area contributed by atoms with Crippen LogP contribution in [-0.4, -0.2) is 41.6 Å². The number of hydrogen-bond donors (Lipinski definition) is 1. The van der Waals surface area contributed by atoms with Crippen LogP contribution in [0.1, 0.15) is 5.56 Å². The van der Waals surface area contributed by atoms with Gasteiger partial charge in [-0.2, -0.15) is 0 Å². The summed E-state index contributed by atoms with van der Waals surface area (Å²) in [5.74, 6) is 0.436. The van der Waals surface area contributed by atoms with Gasteiger partial charge < -0.3 is 14.4 Å². The molecule has 26 heavy (non-hydrogen) atoms. The highest BCUT2D eigenvalue weighted by Crippen LogP contribution is 2.30. The minimum atomic E-state index is -3.85. The van der Waals surface area contributed by atoms with E-state index in [4.69, 9.17) is 9.47 Å². The van der Waals surface area contributed by atoms with Gasteiger partial charge in [-0.1, -0.05) is 18.2 Å².